The van der Waals surface area contributed by atoms with Crippen LogP contribution in [0.2, 0.25) is 0 Å². The summed E-state index contributed by atoms with van der Waals surface area (Å²) in [5.74, 6) is 2.32. The van der Waals surface area contributed by atoms with Crippen molar-refractivity contribution in [3.63, 3.8) is 0 Å². The Morgan fingerprint density at radius 1 is 0.673 bits per heavy atom. The number of aliphatic imine (C=N–C) groups is 2. The van der Waals surface area contributed by atoms with Crippen LogP contribution in [0.5, 0.6) is 0 Å². The normalized spacial score (nSPS) is 15.0. The molecule has 0 radical (unpaired) electrons. The highest BCUT2D eigenvalue weighted by atomic mass is 16.3. The maximum Gasteiger partial charge on any atom is 0.159 e. The first-order valence-electron chi connectivity index (χ1n) is 16.5. The zero-order valence-corrected chi connectivity index (χ0v) is 26.9. The molecule has 0 amide bonds. The fourth-order valence-corrected chi connectivity index (χ4v) is 7.08. The summed E-state index contributed by atoms with van der Waals surface area (Å²) in [6.07, 6.45) is 1.36. The van der Waals surface area contributed by atoms with Gasteiger partial charge in [-0.2, -0.15) is 0 Å². The first-order valence-corrected chi connectivity index (χ1v) is 16.5. The van der Waals surface area contributed by atoms with Crippen LogP contribution in [-0.2, 0) is 0 Å². The molecule has 8 aromatic rings. The predicted octanol–water partition coefficient (Wildman–Crippen LogP) is 10.0. The van der Waals surface area contributed by atoms with Crippen molar-refractivity contribution in [1.29, 1.82) is 0 Å². The third-order valence-corrected chi connectivity index (χ3v) is 9.49. The summed E-state index contributed by atoms with van der Waals surface area (Å²) in [4.78, 5) is 10.4. The van der Waals surface area contributed by atoms with Crippen molar-refractivity contribution in [3.05, 3.63) is 185 Å². The summed E-state index contributed by atoms with van der Waals surface area (Å²) in [7, 11) is 0. The van der Waals surface area contributed by atoms with Crippen LogP contribution >= 0.6 is 0 Å². The quantitative estimate of drug-likeness (QED) is 0.198. The van der Waals surface area contributed by atoms with Crippen molar-refractivity contribution < 1.29 is 4.42 Å². The van der Waals surface area contributed by atoms with E-state index in [-0.39, 0.29) is 6.17 Å². The molecule has 3 N–H and O–H groups in total. The molecule has 49 heavy (non-hydrogen) atoms. The Hall–Kier alpha value is -6.46. The SMILES string of the molecule is Cc1oc2ccccc2c1/C(=C\N)c1ccc2c(C3=NC(c4ccc5ccccc5c4)=NC(c4ccc5ccccc5c4)N3)cccc2c1. The lowest BCUT2D eigenvalue weighted by molar-refractivity contribution is 0.577. The molecular weight excluding hydrogens is 601 g/mol. The van der Waals surface area contributed by atoms with Crippen LogP contribution in [0.4, 0.5) is 0 Å². The zero-order valence-electron chi connectivity index (χ0n) is 26.9. The number of para-hydroxylation sites is 1. The molecule has 1 unspecified atom stereocenters. The maximum absolute atomic E-state index is 6.31. The number of nitrogens with one attached hydrogen (secondary N) is 1. The van der Waals surface area contributed by atoms with Gasteiger partial charge in [-0.05, 0) is 74.6 Å². The second-order valence-corrected chi connectivity index (χ2v) is 12.5. The topological polar surface area (TPSA) is 75.9 Å². The van der Waals surface area contributed by atoms with E-state index in [0.29, 0.717) is 5.84 Å². The average Bonchev–Trinajstić information content (AvgIpc) is 3.49. The van der Waals surface area contributed by atoms with Crippen molar-refractivity contribution in [2.45, 2.75) is 13.1 Å². The lowest BCUT2D eigenvalue weighted by Gasteiger charge is -2.25. The van der Waals surface area contributed by atoms with E-state index in [4.69, 9.17) is 20.1 Å². The van der Waals surface area contributed by atoms with Gasteiger partial charge in [0.05, 0.1) is 0 Å². The molecule has 5 nitrogen and oxygen atoms in total. The molecule has 5 heteroatoms. The summed E-state index contributed by atoms with van der Waals surface area (Å²) in [5.41, 5.74) is 13.2. The smallest absolute Gasteiger partial charge is 0.159 e. The number of benzene rings is 7. The van der Waals surface area contributed by atoms with Crippen LogP contribution < -0.4 is 11.1 Å². The molecule has 9 rings (SSSR count). The minimum atomic E-state index is -0.322. The Labute approximate surface area is 283 Å². The molecule has 1 aromatic heterocycles. The van der Waals surface area contributed by atoms with Crippen LogP contribution in [0.15, 0.2) is 166 Å². The molecule has 0 aliphatic carbocycles. The number of hydrogen-bond donors (Lipinski definition) is 2. The summed E-state index contributed by atoms with van der Waals surface area (Å²) in [6.45, 7) is 1.99. The molecule has 2 heterocycles. The largest absolute Gasteiger partial charge is 0.461 e. The Bertz CT molecular complexity index is 2680. The minimum absolute atomic E-state index is 0.322. The highest BCUT2D eigenvalue weighted by molar-refractivity contribution is 6.18. The van der Waals surface area contributed by atoms with E-state index in [0.717, 1.165) is 72.1 Å². The number of amidine groups is 2. The standard InChI is InChI=1S/C44H32N4O/c1-27-41(38-14-6-7-16-40(38)49-27)39(26-45)33-21-22-36-32(25-33)13-8-15-37(36)44-47-42(34-19-17-28-9-2-4-11-30(28)23-34)46-43(48-44)35-20-18-29-10-3-5-12-31(29)24-35/h2-26,42H,45H2,1H3,(H,46,47,48)/b39-26-. The molecular formula is C44H32N4O. The lowest BCUT2D eigenvalue weighted by Crippen LogP contribution is -2.33. The Balaban J connectivity index is 1.16. The van der Waals surface area contributed by atoms with Gasteiger partial charge in [-0.15, -0.1) is 0 Å². The van der Waals surface area contributed by atoms with Crippen LogP contribution in [0.3, 0.4) is 0 Å². The number of nitrogens with two attached hydrogens (primary N) is 1. The van der Waals surface area contributed by atoms with Gasteiger partial charge in [0.15, 0.2) is 5.84 Å². The number of nitrogens with zero attached hydrogens (tertiary/aromatic N) is 2. The van der Waals surface area contributed by atoms with Gasteiger partial charge >= 0.3 is 0 Å². The first kappa shape index (κ1) is 28.7. The Morgan fingerprint density at radius 2 is 1.39 bits per heavy atom. The molecule has 0 spiro atoms. The molecule has 1 aliphatic rings. The monoisotopic (exact) mass is 632 g/mol. The van der Waals surface area contributed by atoms with E-state index in [1.807, 2.05) is 25.1 Å². The molecule has 0 saturated heterocycles. The van der Waals surface area contributed by atoms with Crippen LogP contribution in [0.25, 0.3) is 48.9 Å². The van der Waals surface area contributed by atoms with Gasteiger partial charge in [0, 0.05) is 33.8 Å². The molecule has 0 bridgehead atoms. The van der Waals surface area contributed by atoms with E-state index >= 15 is 0 Å². The van der Waals surface area contributed by atoms with Gasteiger partial charge < -0.3 is 15.5 Å². The van der Waals surface area contributed by atoms with Gasteiger partial charge in [0.1, 0.15) is 23.3 Å². The number of fused-ring (bicyclic) bond motifs is 4. The van der Waals surface area contributed by atoms with E-state index in [2.05, 4.69) is 133 Å². The Kier molecular flexibility index (Phi) is 6.83. The number of rotatable bonds is 5. The van der Waals surface area contributed by atoms with Crippen LogP contribution in [-0.4, -0.2) is 11.7 Å². The minimum Gasteiger partial charge on any atom is -0.461 e. The average molecular weight is 633 g/mol. The molecule has 234 valence electrons. The van der Waals surface area contributed by atoms with E-state index < -0.39 is 0 Å². The van der Waals surface area contributed by atoms with Crippen molar-refractivity contribution in [2.24, 2.45) is 15.7 Å². The summed E-state index contributed by atoms with van der Waals surface area (Å²) in [5, 5.41) is 11.6. The molecule has 0 fully saturated rings. The summed E-state index contributed by atoms with van der Waals surface area (Å²) >= 11 is 0. The zero-order chi connectivity index (χ0) is 32.9. The maximum atomic E-state index is 6.31. The predicted molar refractivity (Wildman–Crippen MR) is 203 cm³/mol. The van der Waals surface area contributed by atoms with Crippen molar-refractivity contribution in [3.8, 4) is 0 Å². The number of furan rings is 1. The van der Waals surface area contributed by atoms with Crippen LogP contribution in [0.1, 0.15) is 39.7 Å². The highest BCUT2D eigenvalue weighted by Gasteiger charge is 2.23. The number of aryl methyl sites for hydroxylation is 1. The van der Waals surface area contributed by atoms with Gasteiger partial charge in [-0.3, -0.25) is 0 Å². The molecule has 1 atom stereocenters. The van der Waals surface area contributed by atoms with Gasteiger partial charge in [0.2, 0.25) is 0 Å². The third-order valence-electron chi connectivity index (χ3n) is 9.49. The molecule has 1 aliphatic heterocycles. The van der Waals surface area contributed by atoms with Gasteiger partial charge in [0.25, 0.3) is 0 Å². The summed E-state index contributed by atoms with van der Waals surface area (Å²) < 4.78 is 6.10. The van der Waals surface area contributed by atoms with Gasteiger partial charge in [-0.25, -0.2) is 9.98 Å². The van der Waals surface area contributed by atoms with Crippen molar-refractivity contribution in [1.82, 2.24) is 5.32 Å². The fraction of sp³-hybridized carbons (Fsp3) is 0.0455. The highest BCUT2D eigenvalue weighted by Crippen LogP contribution is 2.36. The second-order valence-electron chi connectivity index (χ2n) is 12.5. The van der Waals surface area contributed by atoms with E-state index in [1.165, 1.54) is 16.2 Å². The van der Waals surface area contributed by atoms with E-state index in [9.17, 15) is 0 Å². The van der Waals surface area contributed by atoms with Crippen molar-refractivity contribution >= 4 is 60.5 Å². The van der Waals surface area contributed by atoms with Gasteiger partial charge in [-0.1, -0.05) is 121 Å². The summed E-state index contributed by atoms with van der Waals surface area (Å²) in [6, 6.07) is 50.7. The molecule has 0 saturated carbocycles. The lowest BCUT2D eigenvalue weighted by atomic mass is 9.93. The third kappa shape index (κ3) is 5.04. The van der Waals surface area contributed by atoms with Crippen molar-refractivity contribution in [2.75, 3.05) is 0 Å². The Morgan fingerprint density at radius 3 is 2.20 bits per heavy atom. The molecule has 7 aromatic carbocycles. The fourth-order valence-electron chi connectivity index (χ4n) is 7.08. The van der Waals surface area contributed by atoms with E-state index in [1.54, 1.807) is 6.20 Å². The van der Waals surface area contributed by atoms with Crippen LogP contribution in [0, 0.1) is 6.92 Å². The second kappa shape index (κ2) is 11.7. The first-order chi connectivity index (χ1) is 24.1. The number of hydrogen-bond acceptors (Lipinski definition) is 5.